The number of rotatable bonds is 4. The molecule has 1 saturated heterocycles. The van der Waals surface area contributed by atoms with E-state index in [4.69, 9.17) is 30.8 Å². The fourth-order valence-corrected chi connectivity index (χ4v) is 3.99. The fraction of sp³-hybridized carbons (Fsp3) is 0.421. The van der Waals surface area contributed by atoms with Crippen molar-refractivity contribution >= 4 is 36.3 Å². The molecular formula is C19H24ClN6NaO6P-. The van der Waals surface area contributed by atoms with Gasteiger partial charge in [-0.25, -0.2) is 9.78 Å². The molecule has 15 heteroatoms. The van der Waals surface area contributed by atoms with Crippen molar-refractivity contribution in [1.29, 1.82) is 0 Å². The van der Waals surface area contributed by atoms with Crippen molar-refractivity contribution in [1.82, 2.24) is 23.6 Å². The van der Waals surface area contributed by atoms with Crippen molar-refractivity contribution in [2.75, 3.05) is 37.6 Å². The van der Waals surface area contributed by atoms with Gasteiger partial charge in [-0.05, 0) is 12.1 Å². The van der Waals surface area contributed by atoms with E-state index in [0.717, 1.165) is 48.0 Å². The van der Waals surface area contributed by atoms with Gasteiger partial charge in [0, 0.05) is 53.4 Å². The summed E-state index contributed by atoms with van der Waals surface area (Å²) in [6.07, 6.45) is 1.64. The molecule has 0 saturated carbocycles. The van der Waals surface area contributed by atoms with Crippen LogP contribution in [0.1, 0.15) is 0 Å². The fourth-order valence-electron chi connectivity index (χ4n) is 3.74. The summed E-state index contributed by atoms with van der Waals surface area (Å²) in [5, 5.41) is 0.780. The number of fused-ring (bicyclic) bond motifs is 1. The van der Waals surface area contributed by atoms with Crippen LogP contribution >= 0.6 is 19.4 Å². The third-order valence-corrected chi connectivity index (χ3v) is 5.76. The molecule has 0 atom stereocenters. The topological polar surface area (TPSA) is 152 Å². The molecule has 2 aromatic heterocycles. The number of aromatic nitrogens is 4. The van der Waals surface area contributed by atoms with E-state index in [9.17, 15) is 9.59 Å². The van der Waals surface area contributed by atoms with Crippen LogP contribution in [0.5, 0.6) is 0 Å². The van der Waals surface area contributed by atoms with Crippen LogP contribution in [0.3, 0.4) is 0 Å². The molecule has 0 aliphatic carbocycles. The molecule has 12 nitrogen and oxygen atoms in total. The van der Waals surface area contributed by atoms with E-state index in [1.807, 2.05) is 22.8 Å². The molecule has 0 bridgehead atoms. The van der Waals surface area contributed by atoms with Crippen LogP contribution < -0.4 is 55.5 Å². The quantitative estimate of drug-likeness (QED) is 0.266. The summed E-state index contributed by atoms with van der Waals surface area (Å²) in [4.78, 5) is 57.8. The number of piperazine rings is 1. The monoisotopic (exact) mass is 521 g/mol. The Bertz CT molecular complexity index is 1290. The maximum Gasteiger partial charge on any atom is 1.00 e. The smallest absolute Gasteiger partial charge is 0.790 e. The third kappa shape index (κ3) is 7.03. The van der Waals surface area contributed by atoms with E-state index in [1.165, 1.54) is 11.6 Å². The molecule has 1 fully saturated rings. The molecule has 1 aliphatic rings. The van der Waals surface area contributed by atoms with Crippen LogP contribution in [0.15, 0.2) is 40.2 Å². The molecule has 1 N–H and O–H groups in total. The van der Waals surface area contributed by atoms with Gasteiger partial charge < -0.3 is 28.7 Å². The number of phosphoric acid groups is 1. The predicted octanol–water partition coefficient (Wildman–Crippen LogP) is -4.28. The van der Waals surface area contributed by atoms with Crippen molar-refractivity contribution < 1.29 is 48.8 Å². The van der Waals surface area contributed by atoms with Gasteiger partial charge in [-0.1, -0.05) is 23.7 Å². The average molecular weight is 522 g/mol. The number of hydrogen-bond donors (Lipinski definition) is 1. The van der Waals surface area contributed by atoms with Crippen molar-refractivity contribution in [3.63, 3.8) is 0 Å². The Morgan fingerprint density at radius 3 is 2.24 bits per heavy atom. The maximum absolute atomic E-state index is 12.5. The standard InChI is InChI=1S/C19H23ClN6O2.Na.H3O4P/c1-22-17-16(18(27)23(2)19(22)28)26(13-21-17)12-9-24-7-10-25(11-8-24)15-6-4-3-5-14(15)20;;1-5(2,3)4/h3-6,13H,7-12H2,1-2H3;;(H3,1,2,3,4)/q;+1;/p-2. The van der Waals surface area contributed by atoms with Gasteiger partial charge in [-0.15, -0.1) is 0 Å². The van der Waals surface area contributed by atoms with Gasteiger partial charge in [0.05, 0.1) is 24.9 Å². The van der Waals surface area contributed by atoms with Crippen LogP contribution in [0, 0.1) is 0 Å². The second kappa shape index (κ2) is 12.0. The Hall–Kier alpha value is -1.47. The van der Waals surface area contributed by atoms with E-state index in [0.29, 0.717) is 17.7 Å². The van der Waals surface area contributed by atoms with Gasteiger partial charge >= 0.3 is 35.2 Å². The van der Waals surface area contributed by atoms with Crippen LogP contribution in [0.25, 0.3) is 11.2 Å². The second-order valence-electron chi connectivity index (χ2n) is 7.56. The van der Waals surface area contributed by atoms with E-state index in [2.05, 4.69) is 20.9 Å². The summed E-state index contributed by atoms with van der Waals surface area (Å²) in [5.41, 5.74) is 1.31. The van der Waals surface area contributed by atoms with E-state index in [1.54, 1.807) is 13.4 Å². The molecule has 1 aromatic carbocycles. The third-order valence-electron chi connectivity index (χ3n) is 5.44. The first-order chi connectivity index (χ1) is 15.5. The Morgan fingerprint density at radius 2 is 1.65 bits per heavy atom. The van der Waals surface area contributed by atoms with Gasteiger partial charge in [0.15, 0.2) is 11.2 Å². The largest absolute Gasteiger partial charge is 1.00 e. The minimum atomic E-state index is -5.14. The molecule has 0 amide bonds. The zero-order chi connectivity index (χ0) is 24.3. The SMILES string of the molecule is Cn1c(=O)c2c(ncn2CCN2CCN(c3ccccc3Cl)CC2)n(C)c1=O.O=P([O-])([O-])O.[Na+]. The number of halogens is 1. The van der Waals surface area contributed by atoms with Gasteiger partial charge in [-0.3, -0.25) is 18.8 Å². The summed E-state index contributed by atoms with van der Waals surface area (Å²) in [5.74, 6) is 0. The number of anilines is 1. The van der Waals surface area contributed by atoms with Gasteiger partial charge in [0.1, 0.15) is 0 Å². The Kier molecular flexibility index (Phi) is 10.1. The number of aryl methyl sites for hydroxylation is 1. The zero-order valence-corrected chi connectivity index (χ0v) is 22.8. The van der Waals surface area contributed by atoms with Gasteiger partial charge in [-0.2, -0.15) is 0 Å². The minimum Gasteiger partial charge on any atom is -0.790 e. The number of para-hydroxylation sites is 1. The van der Waals surface area contributed by atoms with Crippen molar-refractivity contribution in [3.8, 4) is 0 Å². The summed E-state index contributed by atoms with van der Waals surface area (Å²) in [7, 11) is -2.01. The number of benzene rings is 1. The van der Waals surface area contributed by atoms with Crippen LogP contribution in [-0.4, -0.2) is 61.2 Å². The summed E-state index contributed by atoms with van der Waals surface area (Å²) in [6.45, 7) is 5.13. The number of imidazole rings is 1. The molecule has 0 unspecified atom stereocenters. The molecule has 3 aromatic rings. The van der Waals surface area contributed by atoms with Crippen LogP contribution in [0.4, 0.5) is 5.69 Å². The van der Waals surface area contributed by atoms with Crippen LogP contribution in [-0.2, 0) is 25.2 Å². The molecule has 4 rings (SSSR count). The van der Waals surface area contributed by atoms with Crippen molar-refractivity contribution in [2.45, 2.75) is 6.54 Å². The first kappa shape index (κ1) is 28.8. The van der Waals surface area contributed by atoms with Gasteiger partial charge in [0.2, 0.25) is 0 Å². The maximum atomic E-state index is 12.5. The van der Waals surface area contributed by atoms with Crippen LogP contribution in [0.2, 0.25) is 5.02 Å². The molecule has 0 spiro atoms. The number of nitrogens with zero attached hydrogens (tertiary/aromatic N) is 6. The van der Waals surface area contributed by atoms with Crippen molar-refractivity contribution in [2.24, 2.45) is 14.1 Å². The minimum absolute atomic E-state index is 0. The molecule has 1 aliphatic heterocycles. The van der Waals surface area contributed by atoms with E-state index >= 15 is 0 Å². The first-order valence-electron chi connectivity index (χ1n) is 10.0. The Balaban J connectivity index is 0.000000619. The predicted molar refractivity (Wildman–Crippen MR) is 120 cm³/mol. The Labute approximate surface area is 222 Å². The molecule has 3 heterocycles. The van der Waals surface area contributed by atoms with E-state index in [-0.39, 0.29) is 40.8 Å². The van der Waals surface area contributed by atoms with Gasteiger partial charge in [0.25, 0.3) is 5.56 Å². The molecule has 34 heavy (non-hydrogen) atoms. The zero-order valence-electron chi connectivity index (χ0n) is 19.1. The second-order valence-corrected chi connectivity index (χ2v) is 8.91. The molecule has 180 valence electrons. The summed E-state index contributed by atoms with van der Waals surface area (Å²) in [6, 6.07) is 7.92. The normalized spacial score (nSPS) is 14.5. The average Bonchev–Trinajstić information content (AvgIpc) is 3.19. The summed E-state index contributed by atoms with van der Waals surface area (Å²) >= 11 is 6.31. The van der Waals surface area contributed by atoms with E-state index < -0.39 is 7.82 Å². The first-order valence-corrected chi connectivity index (χ1v) is 11.9. The Morgan fingerprint density at radius 1 is 1.06 bits per heavy atom. The number of hydrogen-bond acceptors (Lipinski definition) is 8. The molecular weight excluding hydrogens is 498 g/mol. The summed E-state index contributed by atoms with van der Waals surface area (Å²) < 4.78 is 13.0. The molecule has 0 radical (unpaired) electrons. The van der Waals surface area contributed by atoms with Crippen molar-refractivity contribution in [3.05, 3.63) is 56.5 Å².